The van der Waals surface area contributed by atoms with Gasteiger partial charge in [-0.25, -0.2) is 0 Å². The lowest BCUT2D eigenvalue weighted by molar-refractivity contribution is 0.621. The lowest BCUT2D eigenvalue weighted by Gasteiger charge is -2.12. The van der Waals surface area contributed by atoms with Crippen LogP contribution in [0.3, 0.4) is 0 Å². The first kappa shape index (κ1) is 12.5. The number of nitrogens with one attached hydrogen (secondary N) is 1. The van der Waals surface area contributed by atoms with Gasteiger partial charge in [0.1, 0.15) is 0 Å². The predicted octanol–water partition coefficient (Wildman–Crippen LogP) is 3.77. The van der Waals surface area contributed by atoms with E-state index in [-0.39, 0.29) is 0 Å². The van der Waals surface area contributed by atoms with Crippen molar-refractivity contribution in [3.05, 3.63) is 36.5 Å². The quantitative estimate of drug-likeness (QED) is 0.903. The topological polar surface area (TPSA) is 37.3 Å². The van der Waals surface area contributed by atoms with Crippen LogP contribution in [0.1, 0.15) is 13.8 Å². The average Bonchev–Trinajstić information content (AvgIpc) is 2.88. The zero-order valence-corrected chi connectivity index (χ0v) is 11.9. The molecule has 0 fully saturated rings. The number of rotatable bonds is 2. The summed E-state index contributed by atoms with van der Waals surface area (Å²) in [6.07, 6.45) is 1.83. The Morgan fingerprint density at radius 3 is 2.89 bits per heavy atom. The van der Waals surface area contributed by atoms with Gasteiger partial charge in [-0.1, -0.05) is 43.8 Å². The molecule has 0 amide bonds. The minimum Gasteiger partial charge on any atom is -0.333 e. The number of benzene rings is 1. The van der Waals surface area contributed by atoms with Crippen molar-refractivity contribution >= 4 is 33.5 Å². The Morgan fingerprint density at radius 2 is 2.11 bits per heavy atom. The lowest BCUT2D eigenvalue weighted by Crippen LogP contribution is -2.13. The van der Waals surface area contributed by atoms with Crippen molar-refractivity contribution in [2.45, 2.75) is 19.1 Å². The number of amidine groups is 1. The number of nitrogens with zero attached hydrogens (tertiary/aromatic N) is 2. The van der Waals surface area contributed by atoms with E-state index in [9.17, 15) is 0 Å². The molecule has 0 saturated carbocycles. The summed E-state index contributed by atoms with van der Waals surface area (Å²) in [5.41, 5.74) is 2.04. The third kappa shape index (κ3) is 2.59. The van der Waals surface area contributed by atoms with E-state index in [0.717, 1.165) is 28.3 Å². The molecule has 1 aromatic heterocycles. The van der Waals surface area contributed by atoms with E-state index in [1.807, 2.05) is 30.1 Å². The van der Waals surface area contributed by atoms with Crippen LogP contribution in [-0.2, 0) is 0 Å². The molecule has 98 valence electrons. The van der Waals surface area contributed by atoms with Crippen LogP contribution < -0.4 is 5.32 Å². The van der Waals surface area contributed by atoms with Gasteiger partial charge in [0.25, 0.3) is 0 Å². The van der Waals surface area contributed by atoms with Crippen molar-refractivity contribution < 1.29 is 0 Å². The van der Waals surface area contributed by atoms with Crippen LogP contribution >= 0.6 is 11.8 Å². The Balaban J connectivity index is 1.83. The van der Waals surface area contributed by atoms with Crippen molar-refractivity contribution in [3.63, 3.8) is 0 Å². The number of pyridine rings is 1. The fourth-order valence-electron chi connectivity index (χ4n) is 2.13. The summed E-state index contributed by atoms with van der Waals surface area (Å²) in [5, 5.41) is 6.17. The standard InChI is InChI=1S/C15H17N3S/c1-10(2)13-9-17-15(19-13)18-12-7-3-5-11-6-4-8-16-14(11)12/h3-8,10,13H,9H2,1-2H3,(H,17,18). The summed E-state index contributed by atoms with van der Waals surface area (Å²) in [5.74, 6) is 0.652. The number of hydrogen-bond donors (Lipinski definition) is 1. The molecule has 0 aliphatic carbocycles. The Kier molecular flexibility index (Phi) is 3.42. The molecule has 1 atom stereocenters. The SMILES string of the molecule is CC(C)C1CN=C(Nc2cccc3cccnc23)S1. The van der Waals surface area contributed by atoms with E-state index in [1.54, 1.807) is 0 Å². The number of anilines is 1. The van der Waals surface area contributed by atoms with Gasteiger partial charge in [0.2, 0.25) is 0 Å². The lowest BCUT2D eigenvalue weighted by atomic mass is 10.1. The fourth-order valence-corrected chi connectivity index (χ4v) is 3.15. The normalized spacial score (nSPS) is 18.9. The molecular formula is C15H17N3S. The summed E-state index contributed by atoms with van der Waals surface area (Å²) in [6.45, 7) is 5.40. The highest BCUT2D eigenvalue weighted by Crippen LogP contribution is 2.29. The van der Waals surface area contributed by atoms with Gasteiger partial charge in [-0.2, -0.15) is 0 Å². The van der Waals surface area contributed by atoms with Crippen LogP contribution in [0.25, 0.3) is 10.9 Å². The van der Waals surface area contributed by atoms with Crippen LogP contribution in [0.4, 0.5) is 5.69 Å². The molecule has 0 radical (unpaired) electrons. The highest BCUT2D eigenvalue weighted by atomic mass is 32.2. The second-order valence-electron chi connectivity index (χ2n) is 5.05. The first-order valence-electron chi connectivity index (χ1n) is 6.56. The summed E-state index contributed by atoms with van der Waals surface area (Å²) in [4.78, 5) is 9.03. The molecular weight excluding hydrogens is 254 g/mol. The molecule has 1 aliphatic rings. The molecule has 2 aromatic rings. The molecule has 0 bridgehead atoms. The van der Waals surface area contributed by atoms with Gasteiger partial charge < -0.3 is 5.32 Å². The summed E-state index contributed by atoms with van der Waals surface area (Å²) in [7, 11) is 0. The van der Waals surface area contributed by atoms with Crippen molar-refractivity contribution in [2.24, 2.45) is 10.9 Å². The molecule has 2 heterocycles. The highest BCUT2D eigenvalue weighted by molar-refractivity contribution is 8.15. The zero-order chi connectivity index (χ0) is 13.2. The molecule has 1 aliphatic heterocycles. The van der Waals surface area contributed by atoms with Crippen molar-refractivity contribution in [1.29, 1.82) is 0 Å². The third-order valence-corrected chi connectivity index (χ3v) is 4.75. The van der Waals surface area contributed by atoms with Gasteiger partial charge in [0.05, 0.1) is 17.7 Å². The second-order valence-corrected chi connectivity index (χ2v) is 6.28. The van der Waals surface area contributed by atoms with E-state index in [1.165, 1.54) is 0 Å². The Hall–Kier alpha value is -1.55. The first-order valence-corrected chi connectivity index (χ1v) is 7.44. The number of aliphatic imine (C=N–C) groups is 1. The number of thioether (sulfide) groups is 1. The summed E-state index contributed by atoms with van der Waals surface area (Å²) < 4.78 is 0. The van der Waals surface area contributed by atoms with E-state index < -0.39 is 0 Å². The zero-order valence-electron chi connectivity index (χ0n) is 11.1. The Bertz CT molecular complexity index is 616. The van der Waals surface area contributed by atoms with E-state index in [4.69, 9.17) is 0 Å². The van der Waals surface area contributed by atoms with Gasteiger partial charge in [0.15, 0.2) is 5.17 Å². The van der Waals surface area contributed by atoms with Gasteiger partial charge in [-0.05, 0) is 18.1 Å². The predicted molar refractivity (Wildman–Crippen MR) is 83.9 cm³/mol. The molecule has 1 aromatic carbocycles. The van der Waals surface area contributed by atoms with Crippen LogP contribution in [0.5, 0.6) is 0 Å². The van der Waals surface area contributed by atoms with Crippen LogP contribution in [0.15, 0.2) is 41.5 Å². The number of para-hydroxylation sites is 1. The molecule has 3 nitrogen and oxygen atoms in total. The molecule has 1 N–H and O–H groups in total. The molecule has 4 heteroatoms. The van der Waals surface area contributed by atoms with Gasteiger partial charge in [-0.3, -0.25) is 9.98 Å². The smallest absolute Gasteiger partial charge is 0.161 e. The molecule has 0 spiro atoms. The average molecular weight is 271 g/mol. The monoisotopic (exact) mass is 271 g/mol. The molecule has 19 heavy (non-hydrogen) atoms. The fraction of sp³-hybridized carbons (Fsp3) is 0.333. The van der Waals surface area contributed by atoms with Gasteiger partial charge >= 0.3 is 0 Å². The van der Waals surface area contributed by atoms with Crippen molar-refractivity contribution in [3.8, 4) is 0 Å². The minimum atomic E-state index is 0.588. The van der Waals surface area contributed by atoms with Crippen molar-refractivity contribution in [1.82, 2.24) is 4.98 Å². The van der Waals surface area contributed by atoms with Crippen LogP contribution in [0.2, 0.25) is 0 Å². The van der Waals surface area contributed by atoms with Gasteiger partial charge in [0, 0.05) is 16.8 Å². The summed E-state index contributed by atoms with van der Waals surface area (Å²) >= 11 is 1.83. The molecule has 1 unspecified atom stereocenters. The number of fused-ring (bicyclic) bond motifs is 1. The maximum Gasteiger partial charge on any atom is 0.161 e. The maximum absolute atomic E-state index is 4.58. The minimum absolute atomic E-state index is 0.588. The third-order valence-electron chi connectivity index (χ3n) is 3.30. The van der Waals surface area contributed by atoms with Crippen LogP contribution in [-0.4, -0.2) is 21.9 Å². The maximum atomic E-state index is 4.58. The first-order chi connectivity index (χ1) is 9.24. The Morgan fingerprint density at radius 1 is 1.26 bits per heavy atom. The number of aromatic nitrogens is 1. The molecule has 3 rings (SSSR count). The van der Waals surface area contributed by atoms with Gasteiger partial charge in [-0.15, -0.1) is 0 Å². The largest absolute Gasteiger partial charge is 0.333 e. The molecule has 0 saturated heterocycles. The van der Waals surface area contributed by atoms with E-state index in [0.29, 0.717) is 11.2 Å². The van der Waals surface area contributed by atoms with Crippen LogP contribution in [0, 0.1) is 5.92 Å². The second kappa shape index (κ2) is 5.21. The van der Waals surface area contributed by atoms with Crippen molar-refractivity contribution in [2.75, 3.05) is 11.9 Å². The number of hydrogen-bond acceptors (Lipinski definition) is 4. The summed E-state index contributed by atoms with van der Waals surface area (Å²) in [6, 6.07) is 10.2. The highest BCUT2D eigenvalue weighted by Gasteiger charge is 2.22. The van der Waals surface area contributed by atoms with E-state index >= 15 is 0 Å². The van der Waals surface area contributed by atoms with E-state index in [2.05, 4.69) is 47.3 Å². The Labute approximate surface area is 117 Å².